The zero-order chi connectivity index (χ0) is 7.56. The van der Waals surface area contributed by atoms with E-state index in [4.69, 9.17) is 11.6 Å². The quantitative estimate of drug-likeness (QED) is 0.608. The number of aromatic nitrogens is 1. The maximum Gasteiger partial charge on any atom is 0.0624 e. The lowest BCUT2D eigenvalue weighted by Crippen LogP contribution is -1.91. The van der Waals surface area contributed by atoms with E-state index < -0.39 is 0 Å². The molecule has 0 N–H and O–H groups in total. The SMILES string of the molecule is CC(C)c1ncccc1Cl. The molecule has 0 radical (unpaired) electrons. The van der Waals surface area contributed by atoms with Crippen LogP contribution in [0.4, 0.5) is 0 Å². The van der Waals surface area contributed by atoms with Gasteiger partial charge in [0.15, 0.2) is 0 Å². The Morgan fingerprint density at radius 2 is 2.20 bits per heavy atom. The second-order valence-corrected chi connectivity index (χ2v) is 2.93. The smallest absolute Gasteiger partial charge is 0.0624 e. The lowest BCUT2D eigenvalue weighted by atomic mass is 10.1. The number of pyridine rings is 1. The second-order valence-electron chi connectivity index (χ2n) is 2.53. The average molecular weight is 156 g/mol. The Balaban J connectivity index is 3.03. The molecule has 1 rings (SSSR count). The second kappa shape index (κ2) is 3.02. The summed E-state index contributed by atoms with van der Waals surface area (Å²) >= 11 is 5.86. The largest absolute Gasteiger partial charge is 0.259 e. The van der Waals surface area contributed by atoms with Gasteiger partial charge in [0, 0.05) is 6.20 Å². The van der Waals surface area contributed by atoms with Crippen molar-refractivity contribution in [1.29, 1.82) is 0 Å². The first kappa shape index (κ1) is 7.55. The Labute approximate surface area is 66.0 Å². The van der Waals surface area contributed by atoms with Crippen molar-refractivity contribution < 1.29 is 0 Å². The molecule has 0 amide bonds. The number of halogens is 1. The van der Waals surface area contributed by atoms with E-state index >= 15 is 0 Å². The zero-order valence-electron chi connectivity index (χ0n) is 6.13. The summed E-state index contributed by atoms with van der Waals surface area (Å²) in [6.07, 6.45) is 1.77. The van der Waals surface area contributed by atoms with Crippen molar-refractivity contribution in [2.24, 2.45) is 0 Å². The summed E-state index contributed by atoms with van der Waals surface area (Å²) in [6.45, 7) is 4.16. The van der Waals surface area contributed by atoms with Gasteiger partial charge < -0.3 is 0 Å². The van der Waals surface area contributed by atoms with Crippen LogP contribution in [0.25, 0.3) is 0 Å². The molecule has 1 aromatic heterocycles. The lowest BCUT2D eigenvalue weighted by molar-refractivity contribution is 0.823. The molecule has 0 saturated heterocycles. The van der Waals surface area contributed by atoms with Crippen molar-refractivity contribution in [2.45, 2.75) is 19.8 Å². The number of rotatable bonds is 1. The Hall–Kier alpha value is -0.560. The van der Waals surface area contributed by atoms with Gasteiger partial charge in [-0.2, -0.15) is 0 Å². The van der Waals surface area contributed by atoms with E-state index in [1.807, 2.05) is 12.1 Å². The normalized spacial score (nSPS) is 10.4. The van der Waals surface area contributed by atoms with E-state index in [-0.39, 0.29) is 0 Å². The summed E-state index contributed by atoms with van der Waals surface area (Å²) < 4.78 is 0. The standard InChI is InChI=1S/C8H10ClN/c1-6(2)8-7(9)4-3-5-10-8/h3-6H,1-2H3. The first-order valence-electron chi connectivity index (χ1n) is 3.32. The third-order valence-electron chi connectivity index (χ3n) is 1.33. The van der Waals surface area contributed by atoms with Gasteiger partial charge in [-0.05, 0) is 18.1 Å². The fourth-order valence-electron chi connectivity index (χ4n) is 0.823. The first-order chi connectivity index (χ1) is 4.72. The molecule has 10 heavy (non-hydrogen) atoms. The van der Waals surface area contributed by atoms with E-state index in [9.17, 15) is 0 Å². The number of nitrogens with zero attached hydrogens (tertiary/aromatic N) is 1. The van der Waals surface area contributed by atoms with Gasteiger partial charge >= 0.3 is 0 Å². The van der Waals surface area contributed by atoms with Crippen LogP contribution >= 0.6 is 11.6 Å². The summed E-state index contributed by atoms with van der Waals surface area (Å²) in [5.41, 5.74) is 0.976. The van der Waals surface area contributed by atoms with Crippen LogP contribution in [-0.2, 0) is 0 Å². The Kier molecular flexibility index (Phi) is 2.28. The van der Waals surface area contributed by atoms with Gasteiger partial charge in [-0.1, -0.05) is 25.4 Å². The van der Waals surface area contributed by atoms with E-state index in [1.54, 1.807) is 6.20 Å². The van der Waals surface area contributed by atoms with Crippen LogP contribution in [0.5, 0.6) is 0 Å². The third-order valence-corrected chi connectivity index (χ3v) is 1.65. The molecule has 0 bridgehead atoms. The Morgan fingerprint density at radius 3 is 2.60 bits per heavy atom. The summed E-state index contributed by atoms with van der Waals surface area (Å²) in [7, 11) is 0. The van der Waals surface area contributed by atoms with Crippen molar-refractivity contribution in [3.63, 3.8) is 0 Å². The van der Waals surface area contributed by atoms with Gasteiger partial charge in [0.25, 0.3) is 0 Å². The van der Waals surface area contributed by atoms with Crippen LogP contribution in [0.1, 0.15) is 25.5 Å². The fourth-order valence-corrected chi connectivity index (χ4v) is 1.16. The predicted molar refractivity (Wildman–Crippen MR) is 43.3 cm³/mol. The van der Waals surface area contributed by atoms with Crippen LogP contribution in [-0.4, -0.2) is 4.98 Å². The minimum absolute atomic E-state index is 0.411. The summed E-state index contributed by atoms with van der Waals surface area (Å²) in [4.78, 5) is 4.15. The van der Waals surface area contributed by atoms with Gasteiger partial charge in [-0.25, -0.2) is 0 Å². The number of hydrogen-bond donors (Lipinski definition) is 0. The summed E-state index contributed by atoms with van der Waals surface area (Å²) in [5.74, 6) is 0.411. The van der Waals surface area contributed by atoms with Gasteiger partial charge in [0.05, 0.1) is 10.7 Å². The minimum atomic E-state index is 0.411. The van der Waals surface area contributed by atoms with E-state index in [0.29, 0.717) is 5.92 Å². The predicted octanol–water partition coefficient (Wildman–Crippen LogP) is 2.86. The molecule has 0 unspecified atom stereocenters. The summed E-state index contributed by atoms with van der Waals surface area (Å²) in [5, 5.41) is 0.762. The van der Waals surface area contributed by atoms with E-state index in [0.717, 1.165) is 10.7 Å². The highest BCUT2D eigenvalue weighted by Crippen LogP contribution is 2.20. The van der Waals surface area contributed by atoms with E-state index in [2.05, 4.69) is 18.8 Å². The van der Waals surface area contributed by atoms with Crippen LogP contribution in [0.15, 0.2) is 18.3 Å². The summed E-state index contributed by atoms with van der Waals surface area (Å²) in [6, 6.07) is 3.71. The first-order valence-corrected chi connectivity index (χ1v) is 3.70. The Morgan fingerprint density at radius 1 is 1.50 bits per heavy atom. The molecule has 0 aromatic carbocycles. The van der Waals surface area contributed by atoms with Crippen molar-refractivity contribution in [3.05, 3.63) is 29.0 Å². The molecule has 0 spiro atoms. The van der Waals surface area contributed by atoms with Crippen molar-refractivity contribution in [1.82, 2.24) is 4.98 Å². The molecule has 54 valence electrons. The maximum atomic E-state index is 5.86. The average Bonchev–Trinajstić information content (AvgIpc) is 1.88. The van der Waals surface area contributed by atoms with Crippen LogP contribution in [0.3, 0.4) is 0 Å². The lowest BCUT2D eigenvalue weighted by Gasteiger charge is -2.04. The zero-order valence-corrected chi connectivity index (χ0v) is 6.89. The molecule has 0 aliphatic heterocycles. The molecule has 0 aliphatic rings. The molecule has 0 atom stereocenters. The van der Waals surface area contributed by atoms with Gasteiger partial charge in [0.2, 0.25) is 0 Å². The Bertz CT molecular complexity index is 220. The topological polar surface area (TPSA) is 12.9 Å². The van der Waals surface area contributed by atoms with Gasteiger partial charge in [-0.3, -0.25) is 4.98 Å². The molecular weight excluding hydrogens is 146 g/mol. The highest BCUT2D eigenvalue weighted by atomic mass is 35.5. The maximum absolute atomic E-state index is 5.86. The molecule has 2 heteroatoms. The molecule has 1 aromatic rings. The molecule has 1 nitrogen and oxygen atoms in total. The van der Waals surface area contributed by atoms with Crippen LogP contribution in [0.2, 0.25) is 5.02 Å². The monoisotopic (exact) mass is 155 g/mol. The molecule has 0 fully saturated rings. The highest BCUT2D eigenvalue weighted by Gasteiger charge is 2.03. The minimum Gasteiger partial charge on any atom is -0.259 e. The van der Waals surface area contributed by atoms with Gasteiger partial charge in [0.1, 0.15) is 0 Å². The third kappa shape index (κ3) is 1.48. The molecule has 0 saturated carbocycles. The van der Waals surface area contributed by atoms with Crippen molar-refractivity contribution >= 4 is 11.6 Å². The molecule has 0 aliphatic carbocycles. The van der Waals surface area contributed by atoms with Crippen molar-refractivity contribution in [2.75, 3.05) is 0 Å². The van der Waals surface area contributed by atoms with Crippen molar-refractivity contribution in [3.8, 4) is 0 Å². The highest BCUT2D eigenvalue weighted by molar-refractivity contribution is 6.31. The van der Waals surface area contributed by atoms with Crippen LogP contribution < -0.4 is 0 Å². The number of hydrogen-bond acceptors (Lipinski definition) is 1. The van der Waals surface area contributed by atoms with E-state index in [1.165, 1.54) is 0 Å². The molecular formula is C8H10ClN. The van der Waals surface area contributed by atoms with Crippen LogP contribution in [0, 0.1) is 0 Å². The molecule has 1 heterocycles. The van der Waals surface area contributed by atoms with Gasteiger partial charge in [-0.15, -0.1) is 0 Å². The fraction of sp³-hybridized carbons (Fsp3) is 0.375.